The summed E-state index contributed by atoms with van der Waals surface area (Å²) in [6.07, 6.45) is 40.0. The Bertz CT molecular complexity index is 330. The second-order valence-electron chi connectivity index (χ2n) is 4.01. The third-order valence-electron chi connectivity index (χ3n) is 2.34. The van der Waals surface area contributed by atoms with E-state index in [9.17, 15) is 0 Å². The summed E-state index contributed by atoms with van der Waals surface area (Å²) in [5, 5.41) is 0. The summed E-state index contributed by atoms with van der Waals surface area (Å²) in [4.78, 5) is 0. The maximum Gasteiger partial charge on any atom is 2.00 e. The molecule has 0 N–H and O–H groups in total. The van der Waals surface area contributed by atoms with Crippen molar-refractivity contribution in [1.82, 2.24) is 0 Å². The average molecular weight is 388 g/mol. The van der Waals surface area contributed by atoms with Crippen molar-refractivity contribution in [2.24, 2.45) is 0 Å². The van der Waals surface area contributed by atoms with E-state index < -0.39 is 0 Å². The largest absolute Gasteiger partial charge is 2.00 e. The van der Waals surface area contributed by atoms with Crippen LogP contribution in [0, 0.1) is 24.3 Å². The Morgan fingerprint density at radius 2 is 0.652 bits per heavy atom. The summed E-state index contributed by atoms with van der Waals surface area (Å²) in [5.41, 5.74) is 0. The van der Waals surface area contributed by atoms with Crippen molar-refractivity contribution in [1.29, 1.82) is 0 Å². The van der Waals surface area contributed by atoms with Crippen LogP contribution in [0.1, 0.15) is 33.1 Å². The molecule has 0 bridgehead atoms. The fraction of sp³-hybridized carbons (Fsp3) is 0.238. The third-order valence-corrected chi connectivity index (χ3v) is 2.34. The molecule has 0 aromatic carbocycles. The van der Waals surface area contributed by atoms with Crippen molar-refractivity contribution in [2.75, 3.05) is 0 Å². The van der Waals surface area contributed by atoms with Crippen LogP contribution in [0.4, 0.5) is 0 Å². The van der Waals surface area contributed by atoms with Gasteiger partial charge in [0.2, 0.25) is 0 Å². The predicted octanol–water partition coefficient (Wildman–Crippen LogP) is 5.85. The quantitative estimate of drug-likeness (QED) is 0.361. The van der Waals surface area contributed by atoms with E-state index in [-0.39, 0.29) is 41.6 Å². The maximum atomic E-state index is 2.99. The van der Waals surface area contributed by atoms with Gasteiger partial charge in [-0.1, -0.05) is 7.43 Å². The molecule has 0 aromatic heterocycles. The first-order valence-electron chi connectivity index (χ1n) is 6.87. The van der Waals surface area contributed by atoms with Crippen LogP contribution in [0.3, 0.4) is 0 Å². The van der Waals surface area contributed by atoms with Gasteiger partial charge >= 0.3 is 34.1 Å². The normalized spacial score (nSPS) is 15.3. The molecule has 0 radical (unpaired) electrons. The van der Waals surface area contributed by atoms with Crippen molar-refractivity contribution < 1.29 is 34.1 Å². The van der Waals surface area contributed by atoms with Crippen molar-refractivity contribution >= 4 is 0 Å². The minimum Gasteiger partial charge on any atom is -0.273 e. The van der Waals surface area contributed by atoms with Gasteiger partial charge in [-0.2, -0.15) is 24.3 Å². The van der Waals surface area contributed by atoms with E-state index in [0.29, 0.717) is 0 Å². The van der Waals surface area contributed by atoms with E-state index in [1.807, 2.05) is 48.6 Å². The van der Waals surface area contributed by atoms with Gasteiger partial charge in [0.1, 0.15) is 0 Å². The SMILES string of the molecule is C.[C-]1=CC=CC1.[C-]1=CC=CC1.[C-]1=CC=CC1.[C-]1=CC=CC1.[Fe+2].[Fe+2]. The number of allylic oxidation sites excluding steroid dienone is 16. The van der Waals surface area contributed by atoms with Crippen LogP contribution in [0.25, 0.3) is 0 Å². The molecule has 0 aromatic rings. The van der Waals surface area contributed by atoms with Gasteiger partial charge in [0.05, 0.1) is 0 Å². The van der Waals surface area contributed by atoms with Gasteiger partial charge in [-0.15, -0.1) is 25.7 Å². The zero-order valence-electron chi connectivity index (χ0n) is 12.5. The Morgan fingerprint density at radius 3 is 0.696 bits per heavy atom. The zero-order chi connectivity index (χ0) is 14.1. The van der Waals surface area contributed by atoms with E-state index in [2.05, 4.69) is 48.6 Å². The Labute approximate surface area is 164 Å². The molecule has 124 valence electrons. The van der Waals surface area contributed by atoms with Gasteiger partial charge < -0.3 is 0 Å². The van der Waals surface area contributed by atoms with Crippen LogP contribution in [0.15, 0.2) is 72.9 Å². The minimum absolute atomic E-state index is 0. The number of hydrogen-bond donors (Lipinski definition) is 0. The van der Waals surface area contributed by atoms with Crippen molar-refractivity contribution in [3.8, 4) is 0 Å². The standard InChI is InChI=1S/4C5H5.CH4.2Fe/c4*1-2-4-5-3-1;;;/h4*1-3H,4H2;1H4;;/q4*-1;;2*+2. The molecular formula is C21H24Fe2. The summed E-state index contributed by atoms with van der Waals surface area (Å²) >= 11 is 0. The van der Waals surface area contributed by atoms with Gasteiger partial charge in [-0.05, 0) is 0 Å². The molecule has 0 amide bonds. The van der Waals surface area contributed by atoms with Crippen LogP contribution in [-0.2, 0) is 34.1 Å². The Kier molecular flexibility index (Phi) is 27.1. The zero-order valence-corrected chi connectivity index (χ0v) is 14.7. The third kappa shape index (κ3) is 21.0. The minimum atomic E-state index is 0. The molecule has 2 heteroatoms. The molecule has 0 aliphatic heterocycles. The predicted molar refractivity (Wildman–Crippen MR) is 93.0 cm³/mol. The second-order valence-corrected chi connectivity index (χ2v) is 4.01. The van der Waals surface area contributed by atoms with Gasteiger partial charge in [-0.3, -0.25) is 24.3 Å². The van der Waals surface area contributed by atoms with Crippen LogP contribution < -0.4 is 0 Å². The average Bonchev–Trinajstić information content (AvgIpc) is 3.40. The van der Waals surface area contributed by atoms with E-state index in [1.54, 1.807) is 0 Å². The van der Waals surface area contributed by atoms with Gasteiger partial charge in [0, 0.05) is 0 Å². The van der Waals surface area contributed by atoms with Crippen LogP contribution in [-0.4, -0.2) is 0 Å². The maximum absolute atomic E-state index is 2.99. The molecule has 0 nitrogen and oxygen atoms in total. The molecular weight excluding hydrogens is 364 g/mol. The van der Waals surface area contributed by atoms with E-state index in [0.717, 1.165) is 25.7 Å². The molecule has 23 heavy (non-hydrogen) atoms. The fourth-order valence-electron chi connectivity index (χ4n) is 1.36. The Balaban J connectivity index is -0.000000222. The van der Waals surface area contributed by atoms with Gasteiger partial charge in [0.15, 0.2) is 0 Å². The van der Waals surface area contributed by atoms with Crippen molar-refractivity contribution in [2.45, 2.75) is 33.1 Å². The molecule has 0 saturated heterocycles. The molecule has 0 heterocycles. The van der Waals surface area contributed by atoms with Crippen LogP contribution >= 0.6 is 0 Å². The fourth-order valence-corrected chi connectivity index (χ4v) is 1.36. The summed E-state index contributed by atoms with van der Waals surface area (Å²) in [6.45, 7) is 0. The second kappa shape index (κ2) is 23.2. The molecule has 0 fully saturated rings. The number of rotatable bonds is 0. The van der Waals surface area contributed by atoms with E-state index >= 15 is 0 Å². The summed E-state index contributed by atoms with van der Waals surface area (Å²) in [6, 6.07) is 0. The van der Waals surface area contributed by atoms with E-state index in [4.69, 9.17) is 0 Å². The van der Waals surface area contributed by atoms with Gasteiger partial charge in [0.25, 0.3) is 0 Å². The Hall–Kier alpha value is -1.04. The molecule has 0 spiro atoms. The molecule has 4 rings (SSSR count). The summed E-state index contributed by atoms with van der Waals surface area (Å²) in [5.74, 6) is 0. The molecule has 0 atom stereocenters. The Morgan fingerprint density at radius 1 is 0.435 bits per heavy atom. The van der Waals surface area contributed by atoms with Crippen LogP contribution in [0.2, 0.25) is 0 Å². The smallest absolute Gasteiger partial charge is 0.273 e. The molecule has 4 aliphatic carbocycles. The van der Waals surface area contributed by atoms with E-state index in [1.165, 1.54) is 0 Å². The number of hydrogen-bond acceptors (Lipinski definition) is 0. The van der Waals surface area contributed by atoms with Crippen LogP contribution in [0.5, 0.6) is 0 Å². The summed E-state index contributed by atoms with van der Waals surface area (Å²) in [7, 11) is 0. The van der Waals surface area contributed by atoms with Gasteiger partial charge in [-0.25, -0.2) is 48.6 Å². The van der Waals surface area contributed by atoms with Crippen molar-refractivity contribution in [3.05, 3.63) is 97.2 Å². The molecule has 0 saturated carbocycles. The van der Waals surface area contributed by atoms with Crippen molar-refractivity contribution in [3.63, 3.8) is 0 Å². The molecule has 0 unspecified atom stereocenters. The molecule has 4 aliphatic rings. The first kappa shape index (κ1) is 26.8. The first-order chi connectivity index (χ1) is 10.0. The summed E-state index contributed by atoms with van der Waals surface area (Å²) < 4.78 is 0. The first-order valence-corrected chi connectivity index (χ1v) is 6.87. The monoisotopic (exact) mass is 388 g/mol. The topological polar surface area (TPSA) is 0 Å².